The lowest BCUT2D eigenvalue weighted by Gasteiger charge is -2.21. The van der Waals surface area contributed by atoms with Crippen molar-refractivity contribution in [3.63, 3.8) is 0 Å². The van der Waals surface area contributed by atoms with E-state index in [2.05, 4.69) is 4.98 Å². The van der Waals surface area contributed by atoms with Crippen LogP contribution in [0.5, 0.6) is 0 Å². The smallest absolute Gasteiger partial charge is 0.329 e. The second-order valence-corrected chi connectivity index (χ2v) is 7.24. The monoisotopic (exact) mass is 373 g/mol. The summed E-state index contributed by atoms with van der Waals surface area (Å²) in [4.78, 5) is 2.93. The van der Waals surface area contributed by atoms with Crippen molar-refractivity contribution in [2.75, 3.05) is 19.6 Å². The fourth-order valence-electron chi connectivity index (χ4n) is 2.24. The molecule has 0 aliphatic rings. The Balaban J connectivity index is 2.20. The summed E-state index contributed by atoms with van der Waals surface area (Å²) in [6.45, 7) is 0.336. The molecule has 0 fully saturated rings. The summed E-state index contributed by atoms with van der Waals surface area (Å²) < 4.78 is 64.2. The van der Waals surface area contributed by atoms with Crippen LogP contribution in [-0.2, 0) is 22.6 Å². The Morgan fingerprint density at radius 1 is 1.04 bits per heavy atom. The van der Waals surface area contributed by atoms with Crippen LogP contribution >= 0.6 is 0 Å². The van der Waals surface area contributed by atoms with Crippen LogP contribution in [0.3, 0.4) is 0 Å². The molecule has 9 heteroatoms. The number of sulfonamides is 1. The van der Waals surface area contributed by atoms with Crippen molar-refractivity contribution in [3.05, 3.63) is 59.9 Å². The van der Waals surface area contributed by atoms with Gasteiger partial charge in [0.05, 0.1) is 0 Å². The minimum absolute atomic E-state index is 0.0657. The zero-order valence-electron chi connectivity index (χ0n) is 13.3. The van der Waals surface area contributed by atoms with Gasteiger partial charge >= 0.3 is 6.18 Å². The molecule has 0 atom stereocenters. The molecule has 0 bridgehead atoms. The van der Waals surface area contributed by atoms with Gasteiger partial charge in [-0.2, -0.15) is 17.5 Å². The second-order valence-electron chi connectivity index (χ2n) is 5.31. The van der Waals surface area contributed by atoms with E-state index < -0.39 is 21.9 Å². The van der Waals surface area contributed by atoms with Crippen LogP contribution in [0, 0.1) is 0 Å². The van der Waals surface area contributed by atoms with E-state index in [1.165, 1.54) is 0 Å². The summed E-state index contributed by atoms with van der Waals surface area (Å²) in [5.41, 5.74) is 5.30. The summed E-state index contributed by atoms with van der Waals surface area (Å²) in [5, 5.41) is 0. The minimum Gasteiger partial charge on any atom is -0.329 e. The van der Waals surface area contributed by atoms with Crippen molar-refractivity contribution < 1.29 is 21.6 Å². The van der Waals surface area contributed by atoms with Gasteiger partial charge in [-0.15, -0.1) is 0 Å². The van der Waals surface area contributed by atoms with Crippen LogP contribution in [0.1, 0.15) is 11.3 Å². The molecule has 2 aromatic rings. The number of hydrogen-bond donors (Lipinski definition) is 1. The summed E-state index contributed by atoms with van der Waals surface area (Å²) in [5.74, 6) is 0. The lowest BCUT2D eigenvalue weighted by Crippen LogP contribution is -2.37. The highest BCUT2D eigenvalue weighted by Gasteiger charge is 2.33. The van der Waals surface area contributed by atoms with Crippen molar-refractivity contribution in [2.45, 2.75) is 17.5 Å². The molecule has 0 spiro atoms. The number of nitrogens with two attached hydrogens (primary N) is 1. The third-order valence-electron chi connectivity index (χ3n) is 3.54. The normalized spacial score (nSPS) is 12.5. The molecule has 0 amide bonds. The van der Waals surface area contributed by atoms with E-state index in [0.29, 0.717) is 12.5 Å². The van der Waals surface area contributed by atoms with Gasteiger partial charge in [-0.3, -0.25) is 4.98 Å². The van der Waals surface area contributed by atoms with Crippen LogP contribution in [0.2, 0.25) is 0 Å². The van der Waals surface area contributed by atoms with Gasteiger partial charge < -0.3 is 5.73 Å². The fraction of sp³-hybridized carbons (Fsp3) is 0.312. The zero-order chi connectivity index (χ0) is 18.5. The highest BCUT2D eigenvalue weighted by molar-refractivity contribution is 7.89. The molecular formula is C16H18F3N3O2S. The van der Waals surface area contributed by atoms with E-state index in [1.807, 2.05) is 30.3 Å². The number of benzene rings is 1. The topological polar surface area (TPSA) is 76.3 Å². The van der Waals surface area contributed by atoms with Crippen LogP contribution in [0.4, 0.5) is 13.2 Å². The molecule has 0 unspecified atom stereocenters. The first-order valence-electron chi connectivity index (χ1n) is 7.52. The average molecular weight is 373 g/mol. The van der Waals surface area contributed by atoms with E-state index in [1.54, 1.807) is 0 Å². The van der Waals surface area contributed by atoms with Crippen LogP contribution in [0.25, 0.3) is 0 Å². The molecular weight excluding hydrogens is 355 g/mol. The molecule has 1 heterocycles. The van der Waals surface area contributed by atoms with Crippen molar-refractivity contribution in [3.8, 4) is 0 Å². The van der Waals surface area contributed by atoms with Crippen molar-refractivity contribution >= 4 is 10.0 Å². The Bertz CT molecular complexity index is 779. The Hall–Kier alpha value is -1.97. The number of rotatable bonds is 7. The van der Waals surface area contributed by atoms with Crippen molar-refractivity contribution in [2.24, 2.45) is 5.73 Å². The lowest BCUT2D eigenvalue weighted by atomic mass is 10.1. The molecule has 0 aliphatic heterocycles. The quantitative estimate of drug-likeness (QED) is 0.808. The van der Waals surface area contributed by atoms with Gasteiger partial charge in [0.2, 0.25) is 10.0 Å². The van der Waals surface area contributed by atoms with Gasteiger partial charge in [-0.25, -0.2) is 8.42 Å². The third-order valence-corrected chi connectivity index (χ3v) is 5.42. The lowest BCUT2D eigenvalue weighted by molar-refractivity contribution is -0.141. The Morgan fingerprint density at radius 3 is 2.24 bits per heavy atom. The number of pyridine rings is 1. The van der Waals surface area contributed by atoms with Gasteiger partial charge in [0.15, 0.2) is 0 Å². The number of hydrogen-bond acceptors (Lipinski definition) is 4. The Labute approximate surface area is 144 Å². The highest BCUT2D eigenvalue weighted by atomic mass is 32.2. The van der Waals surface area contributed by atoms with Gasteiger partial charge in [0.25, 0.3) is 0 Å². The summed E-state index contributed by atoms with van der Waals surface area (Å²) in [7, 11) is -3.97. The number of aromatic nitrogens is 1. The molecule has 136 valence electrons. The highest BCUT2D eigenvalue weighted by Crippen LogP contribution is 2.28. The molecule has 25 heavy (non-hydrogen) atoms. The van der Waals surface area contributed by atoms with Crippen molar-refractivity contribution in [1.29, 1.82) is 0 Å². The van der Waals surface area contributed by atoms with Gasteiger partial charge in [0.1, 0.15) is 10.6 Å². The minimum atomic E-state index is -4.62. The average Bonchev–Trinajstić information content (AvgIpc) is 2.58. The van der Waals surface area contributed by atoms with E-state index in [0.717, 1.165) is 22.1 Å². The SMILES string of the molecule is NCCN(CCc1ccccc1)S(=O)(=O)c1ccc(C(F)(F)F)nc1. The molecule has 0 saturated heterocycles. The first-order valence-corrected chi connectivity index (χ1v) is 8.96. The van der Waals surface area contributed by atoms with E-state index in [4.69, 9.17) is 5.73 Å². The molecule has 2 N–H and O–H groups in total. The molecule has 2 rings (SSSR count). The predicted octanol–water partition coefficient (Wildman–Crippen LogP) is 2.29. The molecule has 5 nitrogen and oxygen atoms in total. The maximum atomic E-state index is 12.7. The Morgan fingerprint density at radius 2 is 1.72 bits per heavy atom. The number of nitrogens with zero attached hydrogens (tertiary/aromatic N) is 2. The first-order chi connectivity index (χ1) is 11.7. The standard InChI is InChI=1S/C16H18F3N3O2S/c17-16(18,19)15-7-6-14(12-21-15)25(23,24)22(11-9-20)10-8-13-4-2-1-3-5-13/h1-7,12H,8-11,20H2. The molecule has 0 aliphatic carbocycles. The van der Waals surface area contributed by atoms with E-state index in [9.17, 15) is 21.6 Å². The maximum Gasteiger partial charge on any atom is 0.433 e. The molecule has 0 saturated carbocycles. The van der Waals surface area contributed by atoms with E-state index >= 15 is 0 Å². The maximum absolute atomic E-state index is 12.7. The largest absolute Gasteiger partial charge is 0.433 e. The van der Waals surface area contributed by atoms with Gasteiger partial charge in [-0.1, -0.05) is 30.3 Å². The Kier molecular flexibility index (Phi) is 6.15. The summed E-state index contributed by atoms with van der Waals surface area (Å²) in [6, 6.07) is 10.8. The summed E-state index contributed by atoms with van der Waals surface area (Å²) >= 11 is 0. The predicted molar refractivity (Wildman–Crippen MR) is 87.2 cm³/mol. The second kappa shape index (κ2) is 7.94. The first kappa shape index (κ1) is 19.4. The van der Waals surface area contributed by atoms with Crippen molar-refractivity contribution in [1.82, 2.24) is 9.29 Å². The van der Waals surface area contributed by atoms with Gasteiger partial charge in [0, 0.05) is 25.8 Å². The number of halogens is 3. The fourth-order valence-corrected chi connectivity index (χ4v) is 3.65. The number of alkyl halides is 3. The van der Waals surface area contributed by atoms with Gasteiger partial charge in [-0.05, 0) is 24.1 Å². The molecule has 1 aromatic heterocycles. The third kappa shape index (κ3) is 5.00. The summed E-state index contributed by atoms with van der Waals surface area (Å²) in [6.07, 6.45) is -3.43. The molecule has 0 radical (unpaired) electrons. The van der Waals surface area contributed by atoms with Crippen LogP contribution < -0.4 is 5.73 Å². The molecule has 1 aromatic carbocycles. The zero-order valence-corrected chi connectivity index (χ0v) is 14.1. The van der Waals surface area contributed by atoms with E-state index in [-0.39, 0.29) is 24.5 Å². The van der Waals surface area contributed by atoms with Crippen LogP contribution in [0.15, 0.2) is 53.6 Å². The van der Waals surface area contributed by atoms with Crippen LogP contribution in [-0.4, -0.2) is 37.3 Å².